The molecule has 0 aliphatic rings. The standard InChI is InChI=1S/C20H19ClN4O/c1-13-3-5-15(6-4-13)12-22-20-23-14(2)11-18(25-20)19(26)24-17-9-7-16(21)8-10-17/h3-11H,12H2,1-2H3,(H,24,26)(H,22,23,25). The molecule has 2 aromatic carbocycles. The van der Waals surface area contributed by atoms with Crippen molar-refractivity contribution in [3.8, 4) is 0 Å². The SMILES string of the molecule is Cc1ccc(CNc2nc(C)cc(C(=O)Nc3ccc(Cl)cc3)n2)cc1. The lowest BCUT2D eigenvalue weighted by atomic mass is 10.1. The summed E-state index contributed by atoms with van der Waals surface area (Å²) in [6.45, 7) is 4.46. The van der Waals surface area contributed by atoms with Crippen molar-refractivity contribution in [2.75, 3.05) is 10.6 Å². The van der Waals surface area contributed by atoms with Crippen LogP contribution in [-0.4, -0.2) is 15.9 Å². The molecule has 0 fully saturated rings. The van der Waals surface area contributed by atoms with E-state index in [0.717, 1.165) is 5.56 Å². The van der Waals surface area contributed by atoms with Crippen LogP contribution in [0.4, 0.5) is 11.6 Å². The van der Waals surface area contributed by atoms with Crippen LogP contribution in [0.1, 0.15) is 27.3 Å². The third-order valence-electron chi connectivity index (χ3n) is 3.76. The Kier molecular flexibility index (Phi) is 5.49. The highest BCUT2D eigenvalue weighted by Gasteiger charge is 2.11. The Balaban J connectivity index is 1.71. The van der Waals surface area contributed by atoms with Gasteiger partial charge in [-0.3, -0.25) is 4.79 Å². The minimum atomic E-state index is -0.295. The Labute approximate surface area is 157 Å². The van der Waals surface area contributed by atoms with Crippen molar-refractivity contribution in [1.82, 2.24) is 9.97 Å². The molecule has 2 N–H and O–H groups in total. The zero-order valence-electron chi connectivity index (χ0n) is 14.6. The summed E-state index contributed by atoms with van der Waals surface area (Å²) in [5, 5.41) is 6.59. The smallest absolute Gasteiger partial charge is 0.274 e. The van der Waals surface area contributed by atoms with Gasteiger partial charge in [0, 0.05) is 22.9 Å². The molecule has 6 heteroatoms. The van der Waals surface area contributed by atoms with Crippen LogP contribution < -0.4 is 10.6 Å². The number of aryl methyl sites for hydroxylation is 2. The molecule has 0 radical (unpaired) electrons. The number of rotatable bonds is 5. The van der Waals surface area contributed by atoms with Gasteiger partial charge >= 0.3 is 0 Å². The van der Waals surface area contributed by atoms with Crippen molar-refractivity contribution >= 4 is 29.1 Å². The third-order valence-corrected chi connectivity index (χ3v) is 4.01. The molecule has 0 saturated heterocycles. The highest BCUT2D eigenvalue weighted by atomic mass is 35.5. The molecule has 132 valence electrons. The van der Waals surface area contributed by atoms with Crippen molar-refractivity contribution in [2.24, 2.45) is 0 Å². The maximum Gasteiger partial charge on any atom is 0.274 e. The largest absolute Gasteiger partial charge is 0.350 e. The van der Waals surface area contributed by atoms with Gasteiger partial charge in [0.25, 0.3) is 5.91 Å². The number of halogens is 1. The predicted molar refractivity (Wildman–Crippen MR) is 105 cm³/mol. The van der Waals surface area contributed by atoms with E-state index in [9.17, 15) is 4.79 Å². The monoisotopic (exact) mass is 366 g/mol. The fraction of sp³-hybridized carbons (Fsp3) is 0.150. The highest BCUT2D eigenvalue weighted by molar-refractivity contribution is 6.30. The number of benzene rings is 2. The topological polar surface area (TPSA) is 66.9 Å². The second-order valence-electron chi connectivity index (χ2n) is 6.02. The molecule has 0 aliphatic heterocycles. The van der Waals surface area contributed by atoms with Crippen molar-refractivity contribution in [1.29, 1.82) is 0 Å². The van der Waals surface area contributed by atoms with Crippen molar-refractivity contribution < 1.29 is 4.79 Å². The molecule has 0 atom stereocenters. The molecule has 0 spiro atoms. The van der Waals surface area contributed by atoms with E-state index in [-0.39, 0.29) is 5.91 Å². The van der Waals surface area contributed by atoms with Gasteiger partial charge in [0.2, 0.25) is 5.95 Å². The molecule has 1 heterocycles. The van der Waals surface area contributed by atoms with E-state index in [1.165, 1.54) is 5.56 Å². The molecular formula is C20H19ClN4O. The van der Waals surface area contributed by atoms with E-state index in [2.05, 4.69) is 32.7 Å². The number of carbonyl (C=O) groups is 1. The van der Waals surface area contributed by atoms with Crippen molar-refractivity contribution in [2.45, 2.75) is 20.4 Å². The van der Waals surface area contributed by atoms with Crippen molar-refractivity contribution in [3.63, 3.8) is 0 Å². The summed E-state index contributed by atoms with van der Waals surface area (Å²) in [6.07, 6.45) is 0. The van der Waals surface area contributed by atoms with Gasteiger partial charge in [0.15, 0.2) is 0 Å². The van der Waals surface area contributed by atoms with Gasteiger partial charge in [-0.2, -0.15) is 0 Å². The Hall–Kier alpha value is -2.92. The molecule has 0 saturated carbocycles. The molecule has 1 amide bonds. The maximum absolute atomic E-state index is 12.5. The van der Waals surface area contributed by atoms with Crippen LogP contribution >= 0.6 is 11.6 Å². The molecular weight excluding hydrogens is 348 g/mol. The first-order valence-electron chi connectivity index (χ1n) is 8.21. The minimum Gasteiger partial charge on any atom is -0.350 e. The summed E-state index contributed by atoms with van der Waals surface area (Å²) in [6, 6.07) is 16.8. The molecule has 3 rings (SSSR count). The first-order valence-corrected chi connectivity index (χ1v) is 8.59. The molecule has 1 aromatic heterocycles. The van der Waals surface area contributed by atoms with Gasteiger partial charge < -0.3 is 10.6 Å². The van der Waals surface area contributed by atoms with Gasteiger partial charge in [0.1, 0.15) is 5.69 Å². The summed E-state index contributed by atoms with van der Waals surface area (Å²) in [5.74, 6) is 0.128. The zero-order valence-corrected chi connectivity index (χ0v) is 15.3. The lowest BCUT2D eigenvalue weighted by Gasteiger charge is -2.09. The number of hydrogen-bond donors (Lipinski definition) is 2. The summed E-state index contributed by atoms with van der Waals surface area (Å²) in [5.41, 5.74) is 4.01. The van der Waals surface area contributed by atoms with Crippen LogP contribution in [0.3, 0.4) is 0 Å². The summed E-state index contributed by atoms with van der Waals surface area (Å²) in [7, 11) is 0. The lowest BCUT2D eigenvalue weighted by molar-refractivity contribution is 0.102. The second-order valence-corrected chi connectivity index (χ2v) is 6.45. The van der Waals surface area contributed by atoms with Gasteiger partial charge in [0.05, 0.1) is 0 Å². The van der Waals surface area contributed by atoms with E-state index in [0.29, 0.717) is 34.6 Å². The molecule has 3 aromatic rings. The molecule has 26 heavy (non-hydrogen) atoms. The lowest BCUT2D eigenvalue weighted by Crippen LogP contribution is -2.16. The van der Waals surface area contributed by atoms with Crippen LogP contribution in [-0.2, 0) is 6.54 Å². The Morgan fingerprint density at radius 3 is 2.38 bits per heavy atom. The molecule has 5 nitrogen and oxygen atoms in total. The highest BCUT2D eigenvalue weighted by Crippen LogP contribution is 2.15. The Bertz CT molecular complexity index is 908. The molecule has 0 unspecified atom stereocenters. The summed E-state index contributed by atoms with van der Waals surface area (Å²) < 4.78 is 0. The average Bonchev–Trinajstić information content (AvgIpc) is 2.63. The number of nitrogens with one attached hydrogen (secondary N) is 2. The fourth-order valence-corrected chi connectivity index (χ4v) is 2.51. The van der Waals surface area contributed by atoms with Crippen LogP contribution in [0.5, 0.6) is 0 Å². The Morgan fingerprint density at radius 2 is 1.69 bits per heavy atom. The maximum atomic E-state index is 12.5. The second kappa shape index (κ2) is 7.97. The minimum absolute atomic E-state index is 0.295. The molecule has 0 bridgehead atoms. The number of nitrogens with zero attached hydrogens (tertiary/aromatic N) is 2. The van der Waals surface area contributed by atoms with E-state index < -0.39 is 0 Å². The van der Waals surface area contributed by atoms with Gasteiger partial charge in [-0.15, -0.1) is 0 Å². The average molecular weight is 367 g/mol. The number of amides is 1. The van der Waals surface area contributed by atoms with Crippen LogP contribution in [0.25, 0.3) is 0 Å². The predicted octanol–water partition coefficient (Wildman–Crippen LogP) is 4.61. The number of hydrogen-bond acceptors (Lipinski definition) is 4. The number of anilines is 2. The van der Waals surface area contributed by atoms with E-state index in [4.69, 9.17) is 11.6 Å². The van der Waals surface area contributed by atoms with Gasteiger partial charge in [-0.25, -0.2) is 9.97 Å². The third kappa shape index (κ3) is 4.80. The van der Waals surface area contributed by atoms with Gasteiger partial charge in [-0.1, -0.05) is 41.4 Å². The fourth-order valence-electron chi connectivity index (χ4n) is 2.38. The first-order chi connectivity index (χ1) is 12.5. The molecule has 0 aliphatic carbocycles. The van der Waals surface area contributed by atoms with Gasteiger partial charge in [-0.05, 0) is 49.7 Å². The van der Waals surface area contributed by atoms with E-state index in [1.54, 1.807) is 30.3 Å². The van der Waals surface area contributed by atoms with Crippen molar-refractivity contribution in [3.05, 3.63) is 82.1 Å². The van der Waals surface area contributed by atoms with Crippen LogP contribution in [0, 0.1) is 13.8 Å². The van der Waals surface area contributed by atoms with Crippen LogP contribution in [0.2, 0.25) is 5.02 Å². The normalized spacial score (nSPS) is 10.4. The first kappa shape index (κ1) is 17.9. The number of carbonyl (C=O) groups excluding carboxylic acids is 1. The number of aromatic nitrogens is 2. The zero-order chi connectivity index (χ0) is 18.5. The van der Waals surface area contributed by atoms with Crippen LogP contribution in [0.15, 0.2) is 54.6 Å². The summed E-state index contributed by atoms with van der Waals surface area (Å²) in [4.78, 5) is 21.1. The Morgan fingerprint density at radius 1 is 1.00 bits per heavy atom. The van der Waals surface area contributed by atoms with E-state index >= 15 is 0 Å². The van der Waals surface area contributed by atoms with E-state index in [1.807, 2.05) is 26.0 Å². The quantitative estimate of drug-likeness (QED) is 0.691. The summed E-state index contributed by atoms with van der Waals surface area (Å²) >= 11 is 5.86.